The molecule has 1 N–H and O–H groups in total. The monoisotopic (exact) mass is 299 g/mol. The molecule has 114 valence electrons. The summed E-state index contributed by atoms with van der Waals surface area (Å²) in [6.07, 6.45) is 0.292. The fourth-order valence-electron chi connectivity index (χ4n) is 2.03. The molecule has 0 spiro atoms. The molecule has 0 radical (unpaired) electrons. The van der Waals surface area contributed by atoms with Crippen molar-refractivity contribution in [1.29, 1.82) is 0 Å². The standard InChI is InChI=1S/C18H18FNO2/c1-13-7-8-14(11-16(13)19)12-20-18(22)10-9-17(21)15-5-3-2-4-6-15/h2-8,11H,9-10,12H2,1H3,(H,20,22). The van der Waals surface area contributed by atoms with Crippen molar-refractivity contribution >= 4 is 11.7 Å². The molecule has 22 heavy (non-hydrogen) atoms. The van der Waals surface area contributed by atoms with E-state index >= 15 is 0 Å². The number of amides is 1. The number of hydrogen-bond acceptors (Lipinski definition) is 2. The summed E-state index contributed by atoms with van der Waals surface area (Å²) in [6, 6.07) is 13.7. The Morgan fingerprint density at radius 2 is 1.77 bits per heavy atom. The number of halogens is 1. The van der Waals surface area contributed by atoms with Gasteiger partial charge in [0.05, 0.1) is 0 Å². The van der Waals surface area contributed by atoms with Gasteiger partial charge in [0.15, 0.2) is 5.78 Å². The predicted molar refractivity (Wildman–Crippen MR) is 83.0 cm³/mol. The van der Waals surface area contributed by atoms with Gasteiger partial charge in [0, 0.05) is 24.9 Å². The summed E-state index contributed by atoms with van der Waals surface area (Å²) in [6.45, 7) is 1.95. The maximum absolute atomic E-state index is 13.4. The molecule has 1 amide bonds. The fraction of sp³-hybridized carbons (Fsp3) is 0.222. The first-order chi connectivity index (χ1) is 10.6. The Labute approximate surface area is 129 Å². The highest BCUT2D eigenvalue weighted by Gasteiger charge is 2.09. The van der Waals surface area contributed by atoms with Crippen molar-refractivity contribution < 1.29 is 14.0 Å². The van der Waals surface area contributed by atoms with Crippen molar-refractivity contribution in [2.45, 2.75) is 26.3 Å². The Kier molecular flexibility index (Phi) is 5.42. The summed E-state index contributed by atoms with van der Waals surface area (Å²) in [5.74, 6) is -0.562. The molecule has 0 heterocycles. The van der Waals surface area contributed by atoms with E-state index in [0.29, 0.717) is 16.7 Å². The molecule has 0 aliphatic rings. The fourth-order valence-corrected chi connectivity index (χ4v) is 2.03. The van der Waals surface area contributed by atoms with Gasteiger partial charge >= 0.3 is 0 Å². The number of Topliss-reactive ketones (excluding diaryl/α,β-unsaturated/α-hetero) is 1. The molecular weight excluding hydrogens is 281 g/mol. The Bertz CT molecular complexity index is 668. The number of nitrogens with one attached hydrogen (secondary N) is 1. The number of rotatable bonds is 6. The highest BCUT2D eigenvalue weighted by Crippen LogP contribution is 2.09. The Morgan fingerprint density at radius 1 is 1.05 bits per heavy atom. The van der Waals surface area contributed by atoms with E-state index in [0.717, 1.165) is 0 Å². The first-order valence-corrected chi connectivity index (χ1v) is 7.16. The van der Waals surface area contributed by atoms with Crippen molar-refractivity contribution in [2.24, 2.45) is 0 Å². The number of aryl methyl sites for hydroxylation is 1. The number of benzene rings is 2. The summed E-state index contributed by atoms with van der Waals surface area (Å²) in [5, 5.41) is 2.69. The lowest BCUT2D eigenvalue weighted by molar-refractivity contribution is -0.121. The van der Waals surface area contributed by atoms with Crippen molar-refractivity contribution in [3.8, 4) is 0 Å². The predicted octanol–water partition coefficient (Wildman–Crippen LogP) is 3.41. The molecule has 0 fully saturated rings. The number of ketones is 1. The highest BCUT2D eigenvalue weighted by molar-refractivity contribution is 5.97. The minimum Gasteiger partial charge on any atom is -0.352 e. The third kappa shape index (κ3) is 4.52. The molecule has 0 aromatic heterocycles. The molecule has 2 aromatic carbocycles. The van der Waals surface area contributed by atoms with Crippen molar-refractivity contribution in [3.63, 3.8) is 0 Å². The molecule has 0 unspecified atom stereocenters. The third-order valence-corrected chi connectivity index (χ3v) is 3.40. The summed E-state index contributed by atoms with van der Waals surface area (Å²) >= 11 is 0. The van der Waals surface area contributed by atoms with E-state index in [9.17, 15) is 14.0 Å². The Hall–Kier alpha value is -2.49. The topological polar surface area (TPSA) is 46.2 Å². The van der Waals surface area contributed by atoms with Crippen molar-refractivity contribution in [1.82, 2.24) is 5.32 Å². The molecule has 4 heteroatoms. The van der Waals surface area contributed by atoms with E-state index in [-0.39, 0.29) is 36.9 Å². The van der Waals surface area contributed by atoms with Gasteiger partial charge in [0.1, 0.15) is 5.82 Å². The van der Waals surface area contributed by atoms with E-state index in [4.69, 9.17) is 0 Å². The molecule has 0 saturated heterocycles. The van der Waals surface area contributed by atoms with Gasteiger partial charge in [-0.15, -0.1) is 0 Å². The van der Waals surface area contributed by atoms with Gasteiger partial charge in [-0.3, -0.25) is 9.59 Å². The summed E-state index contributed by atoms with van der Waals surface area (Å²) in [7, 11) is 0. The largest absolute Gasteiger partial charge is 0.352 e. The molecule has 0 bridgehead atoms. The van der Waals surface area contributed by atoms with E-state index in [1.807, 2.05) is 6.07 Å². The molecule has 3 nitrogen and oxygen atoms in total. The zero-order valence-corrected chi connectivity index (χ0v) is 12.4. The zero-order chi connectivity index (χ0) is 15.9. The minimum atomic E-state index is -0.286. The van der Waals surface area contributed by atoms with Crippen LogP contribution in [-0.4, -0.2) is 11.7 Å². The zero-order valence-electron chi connectivity index (χ0n) is 12.4. The van der Waals surface area contributed by atoms with Crippen LogP contribution in [-0.2, 0) is 11.3 Å². The quantitative estimate of drug-likeness (QED) is 0.831. The van der Waals surface area contributed by atoms with Crippen molar-refractivity contribution in [3.05, 3.63) is 71.0 Å². The summed E-state index contributed by atoms with van der Waals surface area (Å²) in [4.78, 5) is 23.6. The van der Waals surface area contributed by atoms with Crippen LogP contribution in [0.4, 0.5) is 4.39 Å². The van der Waals surface area contributed by atoms with Crippen LogP contribution in [0.2, 0.25) is 0 Å². The lowest BCUT2D eigenvalue weighted by Gasteiger charge is -2.06. The van der Waals surface area contributed by atoms with Gasteiger partial charge in [-0.25, -0.2) is 4.39 Å². The number of hydrogen-bond donors (Lipinski definition) is 1. The number of carbonyl (C=O) groups excluding carboxylic acids is 2. The summed E-state index contributed by atoms with van der Waals surface area (Å²) in [5.41, 5.74) is 1.88. The van der Waals surface area contributed by atoms with Crippen LogP contribution in [0.5, 0.6) is 0 Å². The second-order valence-electron chi connectivity index (χ2n) is 5.15. The first-order valence-electron chi connectivity index (χ1n) is 7.16. The van der Waals surface area contributed by atoms with Crippen LogP contribution in [0, 0.1) is 12.7 Å². The second kappa shape index (κ2) is 7.50. The molecule has 0 aliphatic heterocycles. The van der Waals surface area contributed by atoms with Crippen LogP contribution in [0.15, 0.2) is 48.5 Å². The second-order valence-corrected chi connectivity index (χ2v) is 5.15. The van der Waals surface area contributed by atoms with Crippen LogP contribution in [0.1, 0.15) is 34.3 Å². The minimum absolute atomic E-state index is 0.0582. The Morgan fingerprint density at radius 3 is 2.45 bits per heavy atom. The van der Waals surface area contributed by atoms with E-state index in [1.54, 1.807) is 43.3 Å². The molecule has 0 aliphatic carbocycles. The van der Waals surface area contributed by atoms with Crippen molar-refractivity contribution in [2.75, 3.05) is 0 Å². The van der Waals surface area contributed by atoms with Gasteiger partial charge < -0.3 is 5.32 Å². The smallest absolute Gasteiger partial charge is 0.220 e. The molecule has 2 rings (SSSR count). The molecule has 0 atom stereocenters. The van der Waals surface area contributed by atoms with Gasteiger partial charge in [0.25, 0.3) is 0 Å². The van der Waals surface area contributed by atoms with Crippen LogP contribution in [0.25, 0.3) is 0 Å². The third-order valence-electron chi connectivity index (χ3n) is 3.40. The molecular formula is C18H18FNO2. The average Bonchev–Trinajstić information content (AvgIpc) is 2.54. The van der Waals surface area contributed by atoms with Crippen LogP contribution in [0.3, 0.4) is 0 Å². The SMILES string of the molecule is Cc1ccc(CNC(=O)CCC(=O)c2ccccc2)cc1F. The maximum atomic E-state index is 13.4. The van der Waals surface area contributed by atoms with Crippen LogP contribution < -0.4 is 5.32 Å². The normalized spacial score (nSPS) is 10.3. The van der Waals surface area contributed by atoms with E-state index in [1.165, 1.54) is 6.07 Å². The van der Waals surface area contributed by atoms with Gasteiger partial charge in [-0.2, -0.15) is 0 Å². The maximum Gasteiger partial charge on any atom is 0.220 e. The van der Waals surface area contributed by atoms with E-state index < -0.39 is 0 Å². The average molecular weight is 299 g/mol. The van der Waals surface area contributed by atoms with Gasteiger partial charge in [-0.05, 0) is 24.1 Å². The molecule has 2 aromatic rings. The highest BCUT2D eigenvalue weighted by atomic mass is 19.1. The van der Waals surface area contributed by atoms with Gasteiger partial charge in [-0.1, -0.05) is 42.5 Å². The van der Waals surface area contributed by atoms with E-state index in [2.05, 4.69) is 5.32 Å². The van der Waals surface area contributed by atoms with Gasteiger partial charge in [0.2, 0.25) is 5.91 Å². The summed E-state index contributed by atoms with van der Waals surface area (Å²) < 4.78 is 13.4. The lowest BCUT2D eigenvalue weighted by Crippen LogP contribution is -2.23. The first kappa shape index (κ1) is 15.9. The number of carbonyl (C=O) groups is 2. The molecule has 0 saturated carbocycles. The Balaban J connectivity index is 1.78. The lowest BCUT2D eigenvalue weighted by atomic mass is 10.1. The van der Waals surface area contributed by atoms with Crippen LogP contribution >= 0.6 is 0 Å².